The molecule has 1 amide bonds. The Balaban J connectivity index is 1.58. The fourth-order valence-corrected chi connectivity index (χ4v) is 2.74. The van der Waals surface area contributed by atoms with Crippen LogP contribution >= 0.6 is 0 Å². The first kappa shape index (κ1) is 15.6. The molecule has 0 aliphatic carbocycles. The smallest absolute Gasteiger partial charge is 0.414 e. The highest BCUT2D eigenvalue weighted by Gasteiger charge is 2.23. The van der Waals surface area contributed by atoms with E-state index in [1.807, 2.05) is 42.3 Å². The van der Waals surface area contributed by atoms with Crippen LogP contribution in [0.5, 0.6) is 0 Å². The number of amides is 1. The molecule has 1 aromatic carbocycles. The summed E-state index contributed by atoms with van der Waals surface area (Å²) < 4.78 is 6.82. The Morgan fingerprint density at radius 3 is 3.00 bits per heavy atom. The van der Waals surface area contributed by atoms with Crippen LogP contribution in [0.4, 0.5) is 10.5 Å². The molecule has 122 valence electrons. The van der Waals surface area contributed by atoms with E-state index in [-0.39, 0.29) is 12.1 Å². The van der Waals surface area contributed by atoms with Crippen molar-refractivity contribution < 1.29 is 9.53 Å². The van der Waals surface area contributed by atoms with Gasteiger partial charge in [0.05, 0.1) is 12.7 Å². The molecule has 1 saturated heterocycles. The van der Waals surface area contributed by atoms with Crippen molar-refractivity contribution in [2.45, 2.75) is 19.4 Å². The number of rotatable bonds is 6. The molecule has 1 aromatic heterocycles. The van der Waals surface area contributed by atoms with Crippen LogP contribution in [0.2, 0.25) is 0 Å². The Hall–Kier alpha value is -2.34. The maximum atomic E-state index is 11.7. The third kappa shape index (κ3) is 3.71. The zero-order valence-corrected chi connectivity index (χ0v) is 13.5. The average Bonchev–Trinajstić information content (AvgIpc) is 3.16. The van der Waals surface area contributed by atoms with Gasteiger partial charge in [-0.25, -0.2) is 4.79 Å². The minimum Gasteiger partial charge on any atom is -0.447 e. The van der Waals surface area contributed by atoms with Gasteiger partial charge in [0.1, 0.15) is 6.61 Å². The Kier molecular flexibility index (Phi) is 4.62. The number of aryl methyl sites for hydroxylation is 1. The highest BCUT2D eigenvalue weighted by atomic mass is 16.6. The van der Waals surface area contributed by atoms with Crippen LogP contribution in [0.15, 0.2) is 36.7 Å². The maximum absolute atomic E-state index is 11.7. The van der Waals surface area contributed by atoms with Gasteiger partial charge in [0.15, 0.2) is 0 Å². The molecular formula is C17H22N4O2. The summed E-state index contributed by atoms with van der Waals surface area (Å²) in [6.45, 7) is 4.08. The lowest BCUT2D eigenvalue weighted by atomic mass is 10.1. The number of carbonyl (C=O) groups is 1. The van der Waals surface area contributed by atoms with Crippen molar-refractivity contribution >= 4 is 11.8 Å². The van der Waals surface area contributed by atoms with Gasteiger partial charge in [-0.15, -0.1) is 0 Å². The van der Waals surface area contributed by atoms with Crippen LogP contribution in [0.1, 0.15) is 24.1 Å². The number of hydrogen-bond acceptors (Lipinski definition) is 4. The van der Waals surface area contributed by atoms with Crippen LogP contribution in [-0.4, -0.2) is 35.6 Å². The number of carbonyl (C=O) groups excluding carboxylic acids is 1. The molecule has 23 heavy (non-hydrogen) atoms. The number of aromatic nitrogens is 2. The fraction of sp³-hybridized carbons (Fsp3) is 0.412. The largest absolute Gasteiger partial charge is 0.447 e. The second kappa shape index (κ2) is 6.83. The van der Waals surface area contributed by atoms with Gasteiger partial charge in [-0.2, -0.15) is 5.10 Å². The molecule has 0 bridgehead atoms. The molecule has 1 fully saturated rings. The van der Waals surface area contributed by atoms with Crippen LogP contribution in [0, 0.1) is 0 Å². The predicted octanol–water partition coefficient (Wildman–Crippen LogP) is 2.27. The molecule has 2 aromatic rings. The number of anilines is 1. The average molecular weight is 314 g/mol. The Bertz CT molecular complexity index is 683. The number of hydrogen-bond donors (Lipinski definition) is 1. The van der Waals surface area contributed by atoms with E-state index in [1.165, 1.54) is 5.56 Å². The number of nitrogens with one attached hydrogen (secondary N) is 1. The van der Waals surface area contributed by atoms with E-state index in [0.29, 0.717) is 13.2 Å². The number of ether oxygens (including phenoxy) is 1. The summed E-state index contributed by atoms with van der Waals surface area (Å²) in [4.78, 5) is 13.3. The zero-order chi connectivity index (χ0) is 16.2. The molecule has 0 saturated carbocycles. The van der Waals surface area contributed by atoms with Crippen molar-refractivity contribution in [1.29, 1.82) is 0 Å². The molecule has 0 spiro atoms. The van der Waals surface area contributed by atoms with Gasteiger partial charge < -0.3 is 10.1 Å². The lowest BCUT2D eigenvalue weighted by Gasteiger charge is -2.18. The molecule has 3 rings (SSSR count). The maximum Gasteiger partial charge on any atom is 0.414 e. The normalized spacial score (nSPS) is 15.7. The second-order valence-electron chi connectivity index (χ2n) is 5.81. The third-order valence-electron chi connectivity index (χ3n) is 4.07. The Morgan fingerprint density at radius 1 is 1.43 bits per heavy atom. The van der Waals surface area contributed by atoms with Crippen molar-refractivity contribution in [1.82, 2.24) is 15.1 Å². The van der Waals surface area contributed by atoms with Gasteiger partial charge in [-0.3, -0.25) is 9.58 Å². The second-order valence-corrected chi connectivity index (χ2v) is 5.81. The van der Waals surface area contributed by atoms with Crippen molar-refractivity contribution in [3.63, 3.8) is 0 Å². The van der Waals surface area contributed by atoms with E-state index in [4.69, 9.17) is 4.74 Å². The van der Waals surface area contributed by atoms with Gasteiger partial charge in [-0.1, -0.05) is 12.1 Å². The van der Waals surface area contributed by atoms with Gasteiger partial charge in [0.2, 0.25) is 0 Å². The van der Waals surface area contributed by atoms with Crippen LogP contribution in [-0.2, 0) is 18.2 Å². The van der Waals surface area contributed by atoms with Gasteiger partial charge in [0.25, 0.3) is 0 Å². The third-order valence-corrected chi connectivity index (χ3v) is 4.07. The molecule has 6 heteroatoms. The quantitative estimate of drug-likeness (QED) is 0.888. The number of benzene rings is 1. The molecule has 1 N–H and O–H groups in total. The monoisotopic (exact) mass is 314 g/mol. The topological polar surface area (TPSA) is 59.4 Å². The summed E-state index contributed by atoms with van der Waals surface area (Å²) in [7, 11) is 1.93. The minimum atomic E-state index is -0.265. The Morgan fingerprint density at radius 2 is 2.30 bits per heavy atom. The highest BCUT2D eigenvalue weighted by Crippen LogP contribution is 2.23. The fourth-order valence-electron chi connectivity index (χ4n) is 2.74. The van der Waals surface area contributed by atoms with E-state index in [1.54, 1.807) is 4.90 Å². The van der Waals surface area contributed by atoms with Crippen molar-refractivity contribution in [3.05, 3.63) is 47.8 Å². The molecule has 2 heterocycles. The molecule has 1 aliphatic heterocycles. The molecule has 1 aliphatic rings. The first-order chi connectivity index (χ1) is 11.1. The summed E-state index contributed by atoms with van der Waals surface area (Å²) in [5.41, 5.74) is 3.28. The number of cyclic esters (lactones) is 1. The molecule has 0 radical (unpaired) electrons. The standard InChI is InChI=1S/C17H22N4O2/c1-13(18-7-6-14-11-19-20(2)12-14)15-4-3-5-16(10-15)21-8-9-23-17(21)22/h3-5,10-13,18H,6-9H2,1-2H3/t13-/m0/s1. The predicted molar refractivity (Wildman–Crippen MR) is 88.5 cm³/mol. The highest BCUT2D eigenvalue weighted by molar-refractivity contribution is 5.89. The lowest BCUT2D eigenvalue weighted by Crippen LogP contribution is -2.24. The molecule has 0 unspecified atom stereocenters. The van der Waals surface area contributed by atoms with Crippen molar-refractivity contribution in [2.24, 2.45) is 7.05 Å². The first-order valence-electron chi connectivity index (χ1n) is 7.88. The van der Waals surface area contributed by atoms with Crippen LogP contribution in [0.3, 0.4) is 0 Å². The van der Waals surface area contributed by atoms with E-state index in [9.17, 15) is 4.79 Å². The molecule has 6 nitrogen and oxygen atoms in total. The van der Waals surface area contributed by atoms with E-state index in [0.717, 1.165) is 24.2 Å². The Labute approximate surface area is 136 Å². The van der Waals surface area contributed by atoms with E-state index < -0.39 is 0 Å². The van der Waals surface area contributed by atoms with Crippen molar-refractivity contribution in [3.8, 4) is 0 Å². The van der Waals surface area contributed by atoms with Gasteiger partial charge in [-0.05, 0) is 43.1 Å². The SMILES string of the molecule is C[C@H](NCCc1cnn(C)c1)c1cccc(N2CCOC2=O)c1. The van der Waals surface area contributed by atoms with Gasteiger partial charge >= 0.3 is 6.09 Å². The van der Waals surface area contributed by atoms with E-state index >= 15 is 0 Å². The van der Waals surface area contributed by atoms with Crippen LogP contribution < -0.4 is 10.2 Å². The van der Waals surface area contributed by atoms with Crippen molar-refractivity contribution in [2.75, 3.05) is 24.6 Å². The number of nitrogens with zero attached hydrogens (tertiary/aromatic N) is 3. The first-order valence-corrected chi connectivity index (χ1v) is 7.88. The summed E-state index contributed by atoms with van der Waals surface area (Å²) in [6.07, 6.45) is 4.60. The molecule has 1 atom stereocenters. The summed E-state index contributed by atoms with van der Waals surface area (Å²) >= 11 is 0. The van der Waals surface area contributed by atoms with Crippen LogP contribution in [0.25, 0.3) is 0 Å². The summed E-state index contributed by atoms with van der Waals surface area (Å²) in [6, 6.07) is 8.26. The van der Waals surface area contributed by atoms with Gasteiger partial charge in [0, 0.05) is 25.0 Å². The van der Waals surface area contributed by atoms with E-state index in [2.05, 4.69) is 23.4 Å². The lowest BCUT2D eigenvalue weighted by molar-refractivity contribution is 0.181. The molecular weight excluding hydrogens is 292 g/mol. The minimum absolute atomic E-state index is 0.213. The zero-order valence-electron chi connectivity index (χ0n) is 13.5. The summed E-state index contributed by atoms with van der Waals surface area (Å²) in [5, 5.41) is 7.69. The summed E-state index contributed by atoms with van der Waals surface area (Å²) in [5.74, 6) is 0.